The van der Waals surface area contributed by atoms with Gasteiger partial charge >= 0.3 is 0 Å². The van der Waals surface area contributed by atoms with Crippen molar-refractivity contribution in [2.45, 2.75) is 45.1 Å². The molecule has 1 aliphatic carbocycles. The monoisotopic (exact) mass is 260 g/mol. The lowest BCUT2D eigenvalue weighted by Gasteiger charge is -2.20. The van der Waals surface area contributed by atoms with Gasteiger partial charge in [-0.15, -0.1) is 0 Å². The number of nitrogens with two attached hydrogens (primary N) is 1. The highest BCUT2D eigenvalue weighted by molar-refractivity contribution is 5.94. The first-order chi connectivity index (χ1) is 9.20. The summed E-state index contributed by atoms with van der Waals surface area (Å²) in [6.45, 7) is 2.76. The maximum absolute atomic E-state index is 12.1. The number of hydrogen-bond acceptors (Lipinski definition) is 2. The molecule has 1 aromatic carbocycles. The second-order valence-corrected chi connectivity index (χ2v) is 5.54. The molecule has 1 saturated carbocycles. The third-order valence-corrected chi connectivity index (χ3v) is 4.11. The van der Waals surface area contributed by atoms with Gasteiger partial charge in [-0.3, -0.25) is 4.79 Å². The van der Waals surface area contributed by atoms with E-state index in [0.717, 1.165) is 12.0 Å². The van der Waals surface area contributed by atoms with E-state index >= 15 is 0 Å². The number of nitrogens with one attached hydrogen (secondary N) is 1. The van der Waals surface area contributed by atoms with Gasteiger partial charge in [0.15, 0.2) is 0 Å². The Morgan fingerprint density at radius 1 is 1.32 bits per heavy atom. The number of carbonyl (C=O) groups is 1. The smallest absolute Gasteiger partial charge is 0.251 e. The Hall–Kier alpha value is -1.35. The second-order valence-electron chi connectivity index (χ2n) is 5.54. The predicted octanol–water partition coefficient (Wildman–Crippen LogP) is 2.50. The van der Waals surface area contributed by atoms with E-state index in [9.17, 15) is 4.79 Å². The highest BCUT2D eigenvalue weighted by Crippen LogP contribution is 2.27. The molecule has 3 heteroatoms. The van der Waals surface area contributed by atoms with Crippen molar-refractivity contribution in [3.05, 3.63) is 35.4 Å². The summed E-state index contributed by atoms with van der Waals surface area (Å²) in [6, 6.07) is 8.03. The zero-order valence-electron chi connectivity index (χ0n) is 11.7. The van der Waals surface area contributed by atoms with Crippen LogP contribution in [0.2, 0.25) is 0 Å². The molecule has 1 aliphatic rings. The molecular formula is C16H24N2O. The van der Waals surface area contributed by atoms with Crippen molar-refractivity contribution in [2.75, 3.05) is 6.54 Å². The molecule has 104 valence electrons. The lowest BCUT2D eigenvalue weighted by Crippen LogP contribution is -2.37. The molecule has 3 N–H and O–H groups in total. The molecule has 19 heavy (non-hydrogen) atoms. The minimum Gasteiger partial charge on any atom is -0.349 e. The SMILES string of the molecule is C[C@H](NC(=O)c1ccc(CCN)cc1)C1CCCC1. The van der Waals surface area contributed by atoms with Crippen molar-refractivity contribution in [1.29, 1.82) is 0 Å². The average molecular weight is 260 g/mol. The Morgan fingerprint density at radius 2 is 1.95 bits per heavy atom. The van der Waals surface area contributed by atoms with Gasteiger partial charge in [0.25, 0.3) is 5.91 Å². The molecule has 1 fully saturated rings. The number of amides is 1. The minimum absolute atomic E-state index is 0.0405. The van der Waals surface area contributed by atoms with Crippen LogP contribution in [0.5, 0.6) is 0 Å². The number of carbonyl (C=O) groups excluding carboxylic acids is 1. The van der Waals surface area contributed by atoms with Crippen LogP contribution in [0.1, 0.15) is 48.5 Å². The van der Waals surface area contributed by atoms with E-state index in [1.54, 1.807) is 0 Å². The Morgan fingerprint density at radius 3 is 2.53 bits per heavy atom. The third-order valence-electron chi connectivity index (χ3n) is 4.11. The Labute approximate surface area is 115 Å². The standard InChI is InChI=1S/C16H24N2O/c1-12(14-4-2-3-5-14)18-16(19)15-8-6-13(7-9-15)10-11-17/h6-9,12,14H,2-5,10-11,17H2,1H3,(H,18,19)/t12-/m0/s1. The van der Waals surface area contributed by atoms with Crippen LogP contribution in [0.4, 0.5) is 0 Å². The maximum atomic E-state index is 12.1. The van der Waals surface area contributed by atoms with Gasteiger partial charge < -0.3 is 11.1 Å². The molecule has 2 rings (SSSR count). The van der Waals surface area contributed by atoms with Gasteiger partial charge in [0.05, 0.1) is 0 Å². The molecule has 0 unspecified atom stereocenters. The summed E-state index contributed by atoms with van der Waals surface area (Å²) >= 11 is 0. The van der Waals surface area contributed by atoms with Crippen LogP contribution in [0.15, 0.2) is 24.3 Å². The predicted molar refractivity (Wildman–Crippen MR) is 78.1 cm³/mol. The van der Waals surface area contributed by atoms with E-state index in [4.69, 9.17) is 5.73 Å². The van der Waals surface area contributed by atoms with E-state index in [-0.39, 0.29) is 11.9 Å². The van der Waals surface area contributed by atoms with Crippen LogP contribution in [0.25, 0.3) is 0 Å². The largest absolute Gasteiger partial charge is 0.349 e. The lowest BCUT2D eigenvalue weighted by molar-refractivity contribution is 0.0927. The zero-order valence-corrected chi connectivity index (χ0v) is 11.7. The van der Waals surface area contributed by atoms with Crippen LogP contribution >= 0.6 is 0 Å². The van der Waals surface area contributed by atoms with Crippen LogP contribution in [-0.2, 0) is 6.42 Å². The fraction of sp³-hybridized carbons (Fsp3) is 0.562. The van der Waals surface area contributed by atoms with Crippen molar-refractivity contribution >= 4 is 5.91 Å². The first-order valence-corrected chi connectivity index (χ1v) is 7.30. The molecule has 0 saturated heterocycles. The summed E-state index contributed by atoms with van der Waals surface area (Å²) in [5.74, 6) is 0.694. The fourth-order valence-corrected chi connectivity index (χ4v) is 2.85. The van der Waals surface area contributed by atoms with E-state index < -0.39 is 0 Å². The quantitative estimate of drug-likeness (QED) is 0.854. The second kappa shape index (κ2) is 6.71. The number of benzene rings is 1. The lowest BCUT2D eigenvalue weighted by atomic mass is 9.99. The summed E-state index contributed by atoms with van der Waals surface area (Å²) in [6.07, 6.45) is 5.96. The summed E-state index contributed by atoms with van der Waals surface area (Å²) in [4.78, 5) is 12.1. The van der Waals surface area contributed by atoms with E-state index in [1.807, 2.05) is 24.3 Å². The van der Waals surface area contributed by atoms with Crippen molar-refractivity contribution < 1.29 is 4.79 Å². The van der Waals surface area contributed by atoms with Gasteiger partial charge in [0.1, 0.15) is 0 Å². The average Bonchev–Trinajstić information content (AvgIpc) is 2.94. The Kier molecular flexibility index (Phi) is 4.97. The van der Waals surface area contributed by atoms with Crippen molar-refractivity contribution in [3.8, 4) is 0 Å². The Balaban J connectivity index is 1.91. The molecule has 0 aliphatic heterocycles. The first-order valence-electron chi connectivity index (χ1n) is 7.30. The minimum atomic E-state index is 0.0405. The summed E-state index contributed by atoms with van der Waals surface area (Å²) in [5, 5.41) is 3.13. The van der Waals surface area contributed by atoms with Crippen LogP contribution in [0.3, 0.4) is 0 Å². The van der Waals surface area contributed by atoms with Gasteiger partial charge in [0.2, 0.25) is 0 Å². The molecule has 0 heterocycles. The molecule has 3 nitrogen and oxygen atoms in total. The van der Waals surface area contributed by atoms with E-state index in [1.165, 1.54) is 31.2 Å². The summed E-state index contributed by atoms with van der Waals surface area (Å²) in [5.41, 5.74) is 7.44. The molecular weight excluding hydrogens is 236 g/mol. The van der Waals surface area contributed by atoms with Crippen LogP contribution in [0, 0.1) is 5.92 Å². The molecule has 0 radical (unpaired) electrons. The maximum Gasteiger partial charge on any atom is 0.251 e. The van der Waals surface area contributed by atoms with Gasteiger partial charge in [-0.25, -0.2) is 0 Å². The Bertz CT molecular complexity index is 407. The van der Waals surface area contributed by atoms with Gasteiger partial charge in [-0.2, -0.15) is 0 Å². The third kappa shape index (κ3) is 3.80. The molecule has 1 amide bonds. The van der Waals surface area contributed by atoms with Crippen molar-refractivity contribution in [2.24, 2.45) is 11.7 Å². The van der Waals surface area contributed by atoms with Crippen molar-refractivity contribution in [1.82, 2.24) is 5.32 Å². The fourth-order valence-electron chi connectivity index (χ4n) is 2.85. The summed E-state index contributed by atoms with van der Waals surface area (Å²) in [7, 11) is 0. The number of rotatable bonds is 5. The molecule has 1 atom stereocenters. The van der Waals surface area contributed by atoms with Crippen LogP contribution < -0.4 is 11.1 Å². The molecule has 0 bridgehead atoms. The van der Waals surface area contributed by atoms with Gasteiger partial charge in [-0.1, -0.05) is 25.0 Å². The number of hydrogen-bond donors (Lipinski definition) is 2. The van der Waals surface area contributed by atoms with Gasteiger partial charge in [-0.05, 0) is 56.3 Å². The van der Waals surface area contributed by atoms with E-state index in [0.29, 0.717) is 12.5 Å². The highest BCUT2D eigenvalue weighted by Gasteiger charge is 2.22. The molecule has 0 aromatic heterocycles. The normalized spacial score (nSPS) is 17.4. The first kappa shape index (κ1) is 14.1. The highest BCUT2D eigenvalue weighted by atomic mass is 16.1. The molecule has 1 aromatic rings. The summed E-state index contributed by atoms with van der Waals surface area (Å²) < 4.78 is 0. The van der Waals surface area contributed by atoms with Crippen LogP contribution in [-0.4, -0.2) is 18.5 Å². The van der Waals surface area contributed by atoms with Crippen molar-refractivity contribution in [3.63, 3.8) is 0 Å². The van der Waals surface area contributed by atoms with E-state index in [2.05, 4.69) is 12.2 Å². The topological polar surface area (TPSA) is 55.1 Å². The molecule has 0 spiro atoms. The van der Waals surface area contributed by atoms with Gasteiger partial charge in [0, 0.05) is 11.6 Å². The zero-order chi connectivity index (χ0) is 13.7.